The van der Waals surface area contributed by atoms with E-state index < -0.39 is 10.0 Å². The molecule has 0 saturated heterocycles. The van der Waals surface area contributed by atoms with Gasteiger partial charge in [-0.15, -0.1) is 0 Å². The second kappa shape index (κ2) is 5.22. The van der Waals surface area contributed by atoms with Crippen molar-refractivity contribution >= 4 is 32.9 Å². The highest BCUT2D eigenvalue weighted by Crippen LogP contribution is 2.22. The highest BCUT2D eigenvalue weighted by Gasteiger charge is 2.19. The van der Waals surface area contributed by atoms with Gasteiger partial charge in [0.1, 0.15) is 10.8 Å². The fraction of sp³-hybridized carbons (Fsp3) is 0.167. The second-order valence-electron chi connectivity index (χ2n) is 4.30. The number of H-pyrrole nitrogens is 1. The van der Waals surface area contributed by atoms with Crippen LogP contribution in [0.1, 0.15) is 17.0 Å². The highest BCUT2D eigenvalue weighted by molar-refractivity contribution is 7.92. The number of sulfonamides is 1. The molecule has 106 valence electrons. The molecule has 1 aromatic heterocycles. The number of nitrogens with two attached hydrogens (primary N) is 1. The molecule has 0 radical (unpaired) electrons. The Bertz CT molecular complexity index is 766. The van der Waals surface area contributed by atoms with Crippen LogP contribution in [0.15, 0.2) is 29.4 Å². The molecule has 0 aliphatic heterocycles. The molecule has 0 fully saturated rings. The van der Waals surface area contributed by atoms with Gasteiger partial charge in [-0.2, -0.15) is 8.42 Å². The van der Waals surface area contributed by atoms with Crippen LogP contribution in [0, 0.1) is 13.8 Å². The number of aryl methyl sites for hydroxylation is 2. The van der Waals surface area contributed by atoms with Crippen LogP contribution in [-0.2, 0) is 10.0 Å². The number of benzene rings is 1. The van der Waals surface area contributed by atoms with Crippen LogP contribution in [0.5, 0.6) is 0 Å². The van der Waals surface area contributed by atoms with Crippen molar-refractivity contribution in [1.29, 1.82) is 0 Å². The van der Waals surface area contributed by atoms with Crippen LogP contribution >= 0.6 is 12.2 Å². The van der Waals surface area contributed by atoms with Gasteiger partial charge in [0.25, 0.3) is 10.0 Å². The van der Waals surface area contributed by atoms with Gasteiger partial charge in [0.15, 0.2) is 5.03 Å². The van der Waals surface area contributed by atoms with Crippen LogP contribution in [0.3, 0.4) is 0 Å². The molecule has 6 nitrogen and oxygen atoms in total. The number of nitrogens with one attached hydrogen (secondary N) is 2. The zero-order valence-corrected chi connectivity index (χ0v) is 12.6. The van der Waals surface area contributed by atoms with E-state index in [2.05, 4.69) is 14.7 Å². The Morgan fingerprint density at radius 3 is 2.65 bits per heavy atom. The molecule has 0 aliphatic carbocycles. The Hall–Kier alpha value is -1.93. The van der Waals surface area contributed by atoms with E-state index >= 15 is 0 Å². The van der Waals surface area contributed by atoms with Crippen molar-refractivity contribution in [2.75, 3.05) is 4.72 Å². The van der Waals surface area contributed by atoms with E-state index in [1.807, 2.05) is 13.0 Å². The molecule has 2 rings (SSSR count). The zero-order chi connectivity index (χ0) is 14.9. The van der Waals surface area contributed by atoms with Gasteiger partial charge in [-0.1, -0.05) is 24.4 Å². The summed E-state index contributed by atoms with van der Waals surface area (Å²) < 4.78 is 26.9. The molecule has 0 unspecified atom stereocenters. The number of hydrogen-bond donors (Lipinski definition) is 3. The number of aromatic amines is 1. The topological polar surface area (TPSA) is 101 Å². The Morgan fingerprint density at radius 2 is 2.10 bits per heavy atom. The predicted octanol–water partition coefficient (Wildman–Crippen LogP) is 1.46. The average Bonchev–Trinajstić information content (AvgIpc) is 2.75. The van der Waals surface area contributed by atoms with Crippen molar-refractivity contribution in [2.24, 2.45) is 5.73 Å². The molecule has 2 aromatic rings. The van der Waals surface area contributed by atoms with Crippen LogP contribution in [0.25, 0.3) is 0 Å². The predicted molar refractivity (Wildman–Crippen MR) is 81.2 cm³/mol. The maximum atomic E-state index is 12.2. The molecule has 1 heterocycles. The van der Waals surface area contributed by atoms with Gasteiger partial charge in [0, 0.05) is 5.56 Å². The first-order valence-corrected chi connectivity index (χ1v) is 7.64. The maximum absolute atomic E-state index is 12.2. The Morgan fingerprint density at radius 1 is 1.40 bits per heavy atom. The van der Waals surface area contributed by atoms with E-state index in [1.54, 1.807) is 19.1 Å². The fourth-order valence-electron chi connectivity index (χ4n) is 1.81. The lowest BCUT2D eigenvalue weighted by Crippen LogP contribution is -2.19. The molecule has 20 heavy (non-hydrogen) atoms. The Labute approximate surface area is 122 Å². The number of nitrogens with zero attached hydrogens (tertiary/aromatic N) is 1. The third-order valence-corrected chi connectivity index (χ3v) is 4.21. The first kappa shape index (κ1) is 14.5. The van der Waals surface area contributed by atoms with Crippen molar-refractivity contribution in [3.8, 4) is 0 Å². The summed E-state index contributed by atoms with van der Waals surface area (Å²) in [5.41, 5.74) is 7.33. The van der Waals surface area contributed by atoms with Crippen LogP contribution in [0.4, 0.5) is 5.69 Å². The summed E-state index contributed by atoms with van der Waals surface area (Å²) in [7, 11) is -3.75. The number of hydrogen-bond acceptors (Lipinski definition) is 4. The molecule has 1 aromatic carbocycles. The first-order chi connectivity index (χ1) is 9.31. The molecule has 0 spiro atoms. The maximum Gasteiger partial charge on any atom is 0.279 e. The van der Waals surface area contributed by atoms with Gasteiger partial charge in [-0.05, 0) is 25.5 Å². The lowest BCUT2D eigenvalue weighted by molar-refractivity contribution is 0.598. The number of rotatable bonds is 4. The Kier molecular flexibility index (Phi) is 3.78. The summed E-state index contributed by atoms with van der Waals surface area (Å²) in [6, 6.07) is 5.15. The minimum absolute atomic E-state index is 0.00889. The highest BCUT2D eigenvalue weighted by atomic mass is 32.2. The third-order valence-electron chi connectivity index (χ3n) is 2.73. The summed E-state index contributed by atoms with van der Waals surface area (Å²) in [6.45, 7) is 3.48. The van der Waals surface area contributed by atoms with Crippen molar-refractivity contribution in [3.05, 3.63) is 41.3 Å². The molecule has 0 bridgehead atoms. The quantitative estimate of drug-likeness (QED) is 0.742. The average molecular weight is 310 g/mol. The minimum Gasteiger partial charge on any atom is -0.389 e. The van der Waals surface area contributed by atoms with E-state index in [4.69, 9.17) is 18.0 Å². The van der Waals surface area contributed by atoms with Gasteiger partial charge < -0.3 is 10.7 Å². The van der Waals surface area contributed by atoms with Gasteiger partial charge in [-0.25, -0.2) is 4.98 Å². The minimum atomic E-state index is -3.75. The third kappa shape index (κ3) is 2.81. The monoisotopic (exact) mass is 310 g/mol. The number of anilines is 1. The van der Waals surface area contributed by atoms with E-state index in [9.17, 15) is 8.42 Å². The molecule has 0 amide bonds. The first-order valence-electron chi connectivity index (χ1n) is 5.75. The van der Waals surface area contributed by atoms with Crippen LogP contribution in [0.2, 0.25) is 0 Å². The van der Waals surface area contributed by atoms with Crippen LogP contribution < -0.4 is 10.5 Å². The molecule has 0 aliphatic rings. The summed E-state index contributed by atoms with van der Waals surface area (Å²) in [6.07, 6.45) is 1.26. The molecule has 0 saturated carbocycles. The fourth-order valence-corrected chi connectivity index (χ4v) is 3.13. The number of aromatic nitrogens is 2. The number of thiocarbonyl (C=S) groups is 1. The lowest BCUT2D eigenvalue weighted by Gasteiger charge is -2.13. The molecular weight excluding hydrogens is 296 g/mol. The van der Waals surface area contributed by atoms with Crippen molar-refractivity contribution in [3.63, 3.8) is 0 Å². The van der Waals surface area contributed by atoms with Gasteiger partial charge >= 0.3 is 0 Å². The molecule has 0 atom stereocenters. The lowest BCUT2D eigenvalue weighted by atomic mass is 10.1. The SMILES string of the molecule is Cc1ncc(S(=O)(=O)Nc2cccc(C)c2C(N)=S)[nH]1. The van der Waals surface area contributed by atoms with Crippen molar-refractivity contribution in [2.45, 2.75) is 18.9 Å². The van der Waals surface area contributed by atoms with Gasteiger partial charge in [0.2, 0.25) is 0 Å². The van der Waals surface area contributed by atoms with E-state index in [0.29, 0.717) is 17.1 Å². The standard InChI is InChI=1S/C12H14N4O2S2/c1-7-4-3-5-9(11(7)12(13)19)16-20(17,18)10-6-14-8(2)15-10/h3-6,16H,1-2H3,(H2,13,19)(H,14,15). The van der Waals surface area contributed by atoms with Crippen LogP contribution in [-0.4, -0.2) is 23.4 Å². The zero-order valence-electron chi connectivity index (χ0n) is 11.0. The van der Waals surface area contributed by atoms with Gasteiger partial charge in [0.05, 0.1) is 11.9 Å². The Balaban J connectivity index is 2.45. The second-order valence-corrected chi connectivity index (χ2v) is 6.39. The summed E-state index contributed by atoms with van der Waals surface area (Å²) in [5.74, 6) is 0.518. The summed E-state index contributed by atoms with van der Waals surface area (Å²) in [4.78, 5) is 6.69. The van der Waals surface area contributed by atoms with E-state index in [1.165, 1.54) is 6.20 Å². The van der Waals surface area contributed by atoms with E-state index in [0.717, 1.165) is 5.56 Å². The summed E-state index contributed by atoms with van der Waals surface area (Å²) in [5, 5.41) is -0.00889. The van der Waals surface area contributed by atoms with Gasteiger partial charge in [-0.3, -0.25) is 4.72 Å². The molecular formula is C12H14N4O2S2. The smallest absolute Gasteiger partial charge is 0.279 e. The van der Waals surface area contributed by atoms with Crippen molar-refractivity contribution in [1.82, 2.24) is 9.97 Å². The van der Waals surface area contributed by atoms with Crippen molar-refractivity contribution < 1.29 is 8.42 Å². The molecule has 8 heteroatoms. The number of imidazole rings is 1. The normalized spacial score (nSPS) is 11.3. The summed E-state index contributed by atoms with van der Waals surface area (Å²) >= 11 is 4.97. The van der Waals surface area contributed by atoms with E-state index in [-0.39, 0.29) is 10.0 Å². The molecule has 4 N–H and O–H groups in total. The largest absolute Gasteiger partial charge is 0.389 e.